The maximum atomic E-state index is 12.2. The predicted octanol–water partition coefficient (Wildman–Crippen LogP) is 5.28. The van der Waals surface area contributed by atoms with Gasteiger partial charge in [-0.05, 0) is 42.2 Å². The molecule has 2 aromatic rings. The van der Waals surface area contributed by atoms with Crippen molar-refractivity contribution in [3.05, 3.63) is 64.7 Å². The molecule has 0 aromatic heterocycles. The van der Waals surface area contributed by atoms with Gasteiger partial charge in [0.1, 0.15) is 5.75 Å². The fraction of sp³-hybridized carbons (Fsp3) is 0.381. The third kappa shape index (κ3) is 6.58. The highest BCUT2D eigenvalue weighted by Crippen LogP contribution is 2.26. The summed E-state index contributed by atoms with van der Waals surface area (Å²) >= 11 is 7.66. The number of ether oxygens (including phenoxy) is 1. The highest BCUT2D eigenvalue weighted by Gasteiger charge is 2.16. The normalized spacial score (nSPS) is 12.0. The first-order valence-electron chi connectivity index (χ1n) is 8.83. The SMILES string of the molecule is CC(C)c1ccccc1O[C@@H](C)C(=O)NCCSCc1ccc(Cl)cc1. The van der Waals surface area contributed by atoms with Crippen LogP contribution in [0, 0.1) is 0 Å². The molecule has 1 amide bonds. The van der Waals surface area contributed by atoms with Gasteiger partial charge in [-0.1, -0.05) is 55.8 Å². The van der Waals surface area contributed by atoms with Crippen LogP contribution < -0.4 is 10.1 Å². The molecule has 0 bridgehead atoms. The summed E-state index contributed by atoms with van der Waals surface area (Å²) in [5.41, 5.74) is 2.35. The molecule has 2 rings (SSSR count). The van der Waals surface area contributed by atoms with Crippen molar-refractivity contribution in [2.75, 3.05) is 12.3 Å². The topological polar surface area (TPSA) is 38.3 Å². The van der Waals surface area contributed by atoms with E-state index in [0.29, 0.717) is 12.5 Å². The summed E-state index contributed by atoms with van der Waals surface area (Å²) in [6, 6.07) is 15.7. The van der Waals surface area contributed by atoms with E-state index in [2.05, 4.69) is 19.2 Å². The molecule has 140 valence electrons. The van der Waals surface area contributed by atoms with Gasteiger partial charge >= 0.3 is 0 Å². The largest absolute Gasteiger partial charge is 0.481 e. The van der Waals surface area contributed by atoms with Gasteiger partial charge in [-0.25, -0.2) is 0 Å². The fourth-order valence-electron chi connectivity index (χ4n) is 2.47. The first-order valence-corrected chi connectivity index (χ1v) is 10.4. The van der Waals surface area contributed by atoms with Crippen molar-refractivity contribution in [2.45, 2.75) is 38.5 Å². The Balaban J connectivity index is 1.71. The lowest BCUT2D eigenvalue weighted by Gasteiger charge is -2.18. The van der Waals surface area contributed by atoms with Gasteiger partial charge in [-0.3, -0.25) is 4.79 Å². The molecule has 0 aliphatic rings. The number of rotatable bonds is 9. The first kappa shape index (κ1) is 20.7. The van der Waals surface area contributed by atoms with E-state index < -0.39 is 6.10 Å². The van der Waals surface area contributed by atoms with Crippen LogP contribution in [0.15, 0.2) is 48.5 Å². The zero-order chi connectivity index (χ0) is 18.9. The Hall–Kier alpha value is -1.65. The minimum Gasteiger partial charge on any atom is -0.481 e. The lowest BCUT2D eigenvalue weighted by Crippen LogP contribution is -2.37. The minimum atomic E-state index is -0.517. The van der Waals surface area contributed by atoms with Crippen molar-refractivity contribution in [3.63, 3.8) is 0 Å². The summed E-state index contributed by atoms with van der Waals surface area (Å²) < 4.78 is 5.87. The second-order valence-corrected chi connectivity index (χ2v) is 7.96. The highest BCUT2D eigenvalue weighted by molar-refractivity contribution is 7.98. The van der Waals surface area contributed by atoms with Gasteiger partial charge in [0.25, 0.3) is 5.91 Å². The van der Waals surface area contributed by atoms with E-state index in [1.54, 1.807) is 18.7 Å². The van der Waals surface area contributed by atoms with E-state index in [0.717, 1.165) is 27.8 Å². The van der Waals surface area contributed by atoms with Gasteiger partial charge in [-0.15, -0.1) is 0 Å². The second-order valence-electron chi connectivity index (χ2n) is 6.42. The Kier molecular flexibility index (Phi) is 8.33. The monoisotopic (exact) mass is 391 g/mol. The summed E-state index contributed by atoms with van der Waals surface area (Å²) in [6.45, 7) is 6.64. The maximum absolute atomic E-state index is 12.2. The molecule has 0 radical (unpaired) electrons. The van der Waals surface area contributed by atoms with Gasteiger partial charge in [0.05, 0.1) is 0 Å². The van der Waals surface area contributed by atoms with Crippen molar-refractivity contribution in [1.29, 1.82) is 0 Å². The molecule has 2 aromatic carbocycles. The Morgan fingerprint density at radius 2 is 1.81 bits per heavy atom. The van der Waals surface area contributed by atoms with Gasteiger partial charge in [0, 0.05) is 23.1 Å². The average Bonchev–Trinajstić information content (AvgIpc) is 2.63. The molecule has 0 aliphatic heterocycles. The molecule has 26 heavy (non-hydrogen) atoms. The number of thioether (sulfide) groups is 1. The van der Waals surface area contributed by atoms with E-state index in [9.17, 15) is 4.79 Å². The lowest BCUT2D eigenvalue weighted by atomic mass is 10.0. The molecule has 1 N–H and O–H groups in total. The van der Waals surface area contributed by atoms with Crippen LogP contribution in [0.4, 0.5) is 0 Å². The van der Waals surface area contributed by atoms with Crippen LogP contribution in [0.25, 0.3) is 0 Å². The van der Waals surface area contributed by atoms with Gasteiger partial charge < -0.3 is 10.1 Å². The molecule has 0 heterocycles. The number of hydrogen-bond donors (Lipinski definition) is 1. The van der Waals surface area contributed by atoms with Crippen LogP contribution in [0.3, 0.4) is 0 Å². The van der Waals surface area contributed by atoms with Crippen molar-refractivity contribution in [3.8, 4) is 5.75 Å². The summed E-state index contributed by atoms with van der Waals surface area (Å²) in [6.07, 6.45) is -0.517. The van der Waals surface area contributed by atoms with Gasteiger partial charge in [0.2, 0.25) is 0 Å². The first-order chi connectivity index (χ1) is 12.5. The van der Waals surface area contributed by atoms with Crippen LogP contribution >= 0.6 is 23.4 Å². The fourth-order valence-corrected chi connectivity index (χ4v) is 3.41. The van der Waals surface area contributed by atoms with E-state index in [-0.39, 0.29) is 5.91 Å². The Labute approximate surface area is 165 Å². The van der Waals surface area contributed by atoms with Crippen LogP contribution in [0.2, 0.25) is 5.02 Å². The smallest absolute Gasteiger partial charge is 0.260 e. The standard InChI is InChI=1S/C21H26ClNO2S/c1-15(2)19-6-4-5-7-20(19)25-16(3)21(24)23-12-13-26-14-17-8-10-18(22)11-9-17/h4-11,15-16H,12-14H2,1-3H3,(H,23,24)/t16-/m0/s1. The zero-order valence-corrected chi connectivity index (χ0v) is 17.1. The average molecular weight is 392 g/mol. The zero-order valence-electron chi connectivity index (χ0n) is 15.5. The van der Waals surface area contributed by atoms with Crippen LogP contribution in [-0.2, 0) is 10.5 Å². The number of carbonyl (C=O) groups excluding carboxylic acids is 1. The summed E-state index contributed by atoms with van der Waals surface area (Å²) in [5.74, 6) is 2.80. The van der Waals surface area contributed by atoms with Crippen LogP contribution in [0.5, 0.6) is 5.75 Å². The second kappa shape index (κ2) is 10.5. The van der Waals surface area contributed by atoms with E-state index >= 15 is 0 Å². The number of amides is 1. The molecule has 0 unspecified atom stereocenters. The molecular formula is C21H26ClNO2S. The van der Waals surface area contributed by atoms with Crippen molar-refractivity contribution in [2.24, 2.45) is 0 Å². The van der Waals surface area contributed by atoms with Crippen molar-refractivity contribution in [1.82, 2.24) is 5.32 Å². The van der Waals surface area contributed by atoms with E-state index in [4.69, 9.17) is 16.3 Å². The summed E-state index contributed by atoms with van der Waals surface area (Å²) in [5, 5.41) is 3.69. The molecule has 3 nitrogen and oxygen atoms in total. The summed E-state index contributed by atoms with van der Waals surface area (Å²) in [7, 11) is 0. The van der Waals surface area contributed by atoms with Crippen LogP contribution in [0.1, 0.15) is 37.8 Å². The lowest BCUT2D eigenvalue weighted by molar-refractivity contribution is -0.127. The Morgan fingerprint density at radius 1 is 1.12 bits per heavy atom. The van der Waals surface area contributed by atoms with Gasteiger partial charge in [-0.2, -0.15) is 11.8 Å². The molecule has 1 atom stereocenters. The number of nitrogens with one attached hydrogen (secondary N) is 1. The van der Waals surface area contributed by atoms with Crippen molar-refractivity contribution < 1.29 is 9.53 Å². The molecule has 5 heteroatoms. The highest BCUT2D eigenvalue weighted by atomic mass is 35.5. The minimum absolute atomic E-state index is 0.0874. The Morgan fingerprint density at radius 3 is 2.50 bits per heavy atom. The third-order valence-electron chi connectivity index (χ3n) is 3.94. The molecule has 0 saturated heterocycles. The van der Waals surface area contributed by atoms with Crippen LogP contribution in [-0.4, -0.2) is 24.3 Å². The molecule has 0 aliphatic carbocycles. The molecular weight excluding hydrogens is 366 g/mol. The maximum Gasteiger partial charge on any atom is 0.260 e. The molecule has 0 saturated carbocycles. The third-order valence-corrected chi connectivity index (χ3v) is 5.22. The predicted molar refractivity (Wildman–Crippen MR) is 111 cm³/mol. The number of para-hydroxylation sites is 1. The van der Waals surface area contributed by atoms with E-state index in [1.165, 1.54) is 5.56 Å². The number of hydrogen-bond acceptors (Lipinski definition) is 3. The molecule has 0 spiro atoms. The van der Waals surface area contributed by atoms with Crippen molar-refractivity contribution >= 4 is 29.3 Å². The van der Waals surface area contributed by atoms with Gasteiger partial charge in [0.15, 0.2) is 6.10 Å². The quantitative estimate of drug-likeness (QED) is 0.591. The molecule has 0 fully saturated rings. The number of carbonyl (C=O) groups is 1. The Bertz CT molecular complexity index is 703. The number of benzene rings is 2. The van der Waals surface area contributed by atoms with E-state index in [1.807, 2.05) is 48.5 Å². The number of halogens is 1. The summed E-state index contributed by atoms with van der Waals surface area (Å²) in [4.78, 5) is 12.2.